The fourth-order valence-corrected chi connectivity index (χ4v) is 1.90. The number of carbonyl (C=O) groups excluding carboxylic acids is 1. The number of hydrogen-bond acceptors (Lipinski definition) is 4. The third kappa shape index (κ3) is 4.62. The van der Waals surface area contributed by atoms with E-state index in [4.69, 9.17) is 14.3 Å². The molecule has 0 aliphatic carbocycles. The van der Waals surface area contributed by atoms with Crippen molar-refractivity contribution in [3.8, 4) is 11.5 Å². The molecule has 23 heavy (non-hydrogen) atoms. The molecule has 0 saturated carbocycles. The van der Waals surface area contributed by atoms with Gasteiger partial charge in [0.25, 0.3) is 0 Å². The summed E-state index contributed by atoms with van der Waals surface area (Å²) in [6, 6.07) is 14.4. The Morgan fingerprint density at radius 1 is 1.09 bits per heavy atom. The molecule has 0 heterocycles. The van der Waals surface area contributed by atoms with Crippen molar-refractivity contribution in [1.29, 1.82) is 0 Å². The number of benzene rings is 2. The Kier molecular flexibility index (Phi) is 5.82. The number of nitrogens with one attached hydrogen (secondary N) is 1. The lowest BCUT2D eigenvalue weighted by Crippen LogP contribution is -2.30. The molecule has 2 amide bonds. The first-order valence-corrected chi connectivity index (χ1v) is 7.07. The summed E-state index contributed by atoms with van der Waals surface area (Å²) in [6.45, 7) is 0.405. The molecule has 0 bridgehead atoms. The lowest BCUT2D eigenvalue weighted by atomic mass is 10.2. The van der Waals surface area contributed by atoms with E-state index in [1.165, 1.54) is 14.2 Å². The number of amides is 2. The molecule has 122 valence electrons. The Labute approximate surface area is 135 Å². The van der Waals surface area contributed by atoms with Crippen molar-refractivity contribution in [2.24, 2.45) is 0 Å². The van der Waals surface area contributed by atoms with Crippen LogP contribution in [0.25, 0.3) is 0 Å². The van der Waals surface area contributed by atoms with Crippen LogP contribution in [-0.4, -0.2) is 32.4 Å². The van der Waals surface area contributed by atoms with Crippen molar-refractivity contribution in [3.05, 3.63) is 54.1 Å². The first-order chi connectivity index (χ1) is 11.1. The molecule has 2 rings (SSSR count). The minimum absolute atomic E-state index is 0.352. The van der Waals surface area contributed by atoms with Gasteiger partial charge in [-0.3, -0.25) is 4.84 Å². The van der Waals surface area contributed by atoms with Crippen LogP contribution in [-0.2, 0) is 11.4 Å². The van der Waals surface area contributed by atoms with Gasteiger partial charge in [0.2, 0.25) is 0 Å². The first-order valence-electron chi connectivity index (χ1n) is 7.07. The summed E-state index contributed by atoms with van der Waals surface area (Å²) in [5.41, 5.74) is 1.62. The van der Waals surface area contributed by atoms with Crippen LogP contribution in [0.1, 0.15) is 5.56 Å². The Hall–Kier alpha value is -2.73. The van der Waals surface area contributed by atoms with E-state index in [0.717, 1.165) is 16.4 Å². The Morgan fingerprint density at radius 3 is 2.43 bits per heavy atom. The average Bonchev–Trinajstić information content (AvgIpc) is 2.60. The van der Waals surface area contributed by atoms with Gasteiger partial charge in [0.05, 0.1) is 14.2 Å². The van der Waals surface area contributed by atoms with E-state index in [2.05, 4.69) is 5.32 Å². The first kappa shape index (κ1) is 16.6. The van der Waals surface area contributed by atoms with E-state index in [0.29, 0.717) is 18.0 Å². The van der Waals surface area contributed by atoms with Gasteiger partial charge in [-0.05, 0) is 30.3 Å². The zero-order valence-electron chi connectivity index (χ0n) is 13.4. The zero-order valence-corrected chi connectivity index (χ0v) is 13.4. The van der Waals surface area contributed by atoms with Gasteiger partial charge in [0, 0.05) is 18.3 Å². The maximum atomic E-state index is 11.7. The lowest BCUT2D eigenvalue weighted by molar-refractivity contribution is -0.0598. The highest BCUT2D eigenvalue weighted by Gasteiger charge is 2.08. The normalized spacial score (nSPS) is 10.0. The number of rotatable bonds is 6. The zero-order chi connectivity index (χ0) is 16.7. The Bertz CT molecular complexity index is 643. The lowest BCUT2D eigenvalue weighted by Gasteiger charge is -2.15. The van der Waals surface area contributed by atoms with E-state index >= 15 is 0 Å². The molecule has 0 aliphatic heterocycles. The number of para-hydroxylation sites is 1. The molecule has 6 heteroatoms. The van der Waals surface area contributed by atoms with Crippen molar-refractivity contribution in [2.75, 3.05) is 26.6 Å². The molecular weight excluding hydrogens is 296 g/mol. The second kappa shape index (κ2) is 8.05. The van der Waals surface area contributed by atoms with Crippen LogP contribution >= 0.6 is 0 Å². The summed E-state index contributed by atoms with van der Waals surface area (Å²) < 4.78 is 11.0. The van der Waals surface area contributed by atoms with Crippen LogP contribution in [0.4, 0.5) is 10.5 Å². The van der Waals surface area contributed by atoms with Crippen molar-refractivity contribution in [1.82, 2.24) is 5.06 Å². The predicted octanol–water partition coefficient (Wildman–Crippen LogP) is 3.30. The molecule has 1 N–H and O–H groups in total. The van der Waals surface area contributed by atoms with Crippen molar-refractivity contribution in [3.63, 3.8) is 0 Å². The number of carbonyl (C=O) groups is 1. The van der Waals surface area contributed by atoms with E-state index in [-0.39, 0.29) is 6.03 Å². The monoisotopic (exact) mass is 316 g/mol. The smallest absolute Gasteiger partial charge is 0.345 e. The molecule has 2 aromatic carbocycles. The molecule has 0 saturated heterocycles. The van der Waals surface area contributed by atoms with Crippen LogP contribution in [0.5, 0.6) is 11.5 Å². The summed E-state index contributed by atoms with van der Waals surface area (Å²) in [7, 11) is 4.59. The number of anilines is 1. The van der Waals surface area contributed by atoms with Crippen LogP contribution < -0.4 is 14.8 Å². The molecular formula is C17H20N2O4. The second-order valence-electron chi connectivity index (χ2n) is 4.74. The summed E-state index contributed by atoms with van der Waals surface area (Å²) in [6.07, 6.45) is 0. The topological polar surface area (TPSA) is 60.0 Å². The number of ether oxygens (including phenoxy) is 2. The van der Waals surface area contributed by atoms with Gasteiger partial charge in [0.1, 0.15) is 18.1 Å². The standard InChI is InChI=1S/C17H20N2O4/c1-19(22-3)17(20)18-14-8-10-15(11-9-14)23-12-13-6-4-5-7-16(13)21-2/h4-11H,12H2,1-3H3,(H,18,20). The third-order valence-corrected chi connectivity index (χ3v) is 3.25. The van der Waals surface area contributed by atoms with Gasteiger partial charge >= 0.3 is 6.03 Å². The fourth-order valence-electron chi connectivity index (χ4n) is 1.90. The van der Waals surface area contributed by atoms with Gasteiger partial charge in [-0.15, -0.1) is 0 Å². The quantitative estimate of drug-likeness (QED) is 0.831. The Morgan fingerprint density at radius 2 is 1.78 bits per heavy atom. The summed E-state index contributed by atoms with van der Waals surface area (Å²) in [5.74, 6) is 1.49. The van der Waals surface area contributed by atoms with Crippen LogP contribution in [0.2, 0.25) is 0 Å². The average molecular weight is 316 g/mol. The van der Waals surface area contributed by atoms with Crippen LogP contribution in [0.3, 0.4) is 0 Å². The highest BCUT2D eigenvalue weighted by Crippen LogP contribution is 2.21. The van der Waals surface area contributed by atoms with E-state index in [1.807, 2.05) is 24.3 Å². The maximum Gasteiger partial charge on any atom is 0.345 e. The van der Waals surface area contributed by atoms with Crippen molar-refractivity contribution < 1.29 is 19.1 Å². The number of hydrogen-bond donors (Lipinski definition) is 1. The fraction of sp³-hybridized carbons (Fsp3) is 0.235. The molecule has 0 spiro atoms. The molecule has 0 radical (unpaired) electrons. The molecule has 0 unspecified atom stereocenters. The largest absolute Gasteiger partial charge is 0.496 e. The van der Waals surface area contributed by atoms with Crippen molar-refractivity contribution in [2.45, 2.75) is 6.61 Å². The third-order valence-electron chi connectivity index (χ3n) is 3.25. The van der Waals surface area contributed by atoms with Gasteiger partial charge in [0.15, 0.2) is 0 Å². The van der Waals surface area contributed by atoms with Crippen LogP contribution in [0, 0.1) is 0 Å². The van der Waals surface area contributed by atoms with Gasteiger partial charge < -0.3 is 14.8 Å². The van der Waals surface area contributed by atoms with E-state index in [1.54, 1.807) is 31.4 Å². The molecule has 0 atom stereocenters. The van der Waals surface area contributed by atoms with E-state index < -0.39 is 0 Å². The number of hydroxylamine groups is 2. The van der Waals surface area contributed by atoms with E-state index in [9.17, 15) is 4.79 Å². The maximum absolute atomic E-state index is 11.7. The van der Waals surface area contributed by atoms with Gasteiger partial charge in [-0.25, -0.2) is 9.86 Å². The van der Waals surface area contributed by atoms with Gasteiger partial charge in [-0.1, -0.05) is 18.2 Å². The summed E-state index contributed by atoms with van der Waals surface area (Å²) in [5, 5.41) is 3.80. The highest BCUT2D eigenvalue weighted by atomic mass is 16.7. The van der Waals surface area contributed by atoms with Crippen LogP contribution in [0.15, 0.2) is 48.5 Å². The minimum atomic E-state index is -0.352. The summed E-state index contributed by atoms with van der Waals surface area (Å²) >= 11 is 0. The summed E-state index contributed by atoms with van der Waals surface area (Å²) in [4.78, 5) is 16.5. The van der Waals surface area contributed by atoms with Gasteiger partial charge in [-0.2, -0.15) is 0 Å². The number of urea groups is 1. The SMILES string of the molecule is COc1ccccc1COc1ccc(NC(=O)N(C)OC)cc1. The van der Waals surface area contributed by atoms with Crippen molar-refractivity contribution >= 4 is 11.7 Å². The minimum Gasteiger partial charge on any atom is -0.496 e. The predicted molar refractivity (Wildman–Crippen MR) is 87.6 cm³/mol. The number of methoxy groups -OCH3 is 1. The molecule has 2 aromatic rings. The molecule has 0 aliphatic rings. The highest BCUT2D eigenvalue weighted by molar-refractivity contribution is 5.88. The molecule has 0 fully saturated rings. The molecule has 0 aromatic heterocycles. The number of nitrogens with zero attached hydrogens (tertiary/aromatic N) is 1. The molecule has 6 nitrogen and oxygen atoms in total. The Balaban J connectivity index is 1.94. The second-order valence-corrected chi connectivity index (χ2v) is 4.74.